The highest BCUT2D eigenvalue weighted by atomic mass is 79.9. The minimum atomic E-state index is -0.451. The van der Waals surface area contributed by atoms with Crippen molar-refractivity contribution < 1.29 is 14.5 Å². The Labute approximate surface area is 196 Å². The molecular weight excluding hydrogens is 530 g/mol. The first-order valence-electron chi connectivity index (χ1n) is 9.65. The van der Waals surface area contributed by atoms with E-state index in [-0.39, 0.29) is 29.8 Å². The van der Waals surface area contributed by atoms with E-state index in [0.717, 1.165) is 31.2 Å². The molecule has 1 N–H and O–H groups in total. The number of carbonyl (C=O) groups is 1. The van der Waals surface area contributed by atoms with E-state index in [1.54, 1.807) is 30.3 Å². The van der Waals surface area contributed by atoms with Crippen molar-refractivity contribution >= 4 is 49.5 Å². The lowest BCUT2D eigenvalue weighted by Crippen LogP contribution is -2.33. The monoisotopic (exact) mass is 547 g/mol. The normalized spacial score (nSPS) is 14.2. The van der Waals surface area contributed by atoms with Gasteiger partial charge in [-0.2, -0.15) is 5.26 Å². The van der Waals surface area contributed by atoms with Crippen molar-refractivity contribution in [2.45, 2.75) is 38.3 Å². The van der Waals surface area contributed by atoms with Crippen LogP contribution in [-0.4, -0.2) is 16.9 Å². The standard InChI is InChI=1S/C22H19Br2N3O4/c23-19-10-15(9-16(12-25)22(28)26-17-3-1-2-4-17)11-20(24)21(19)31-13-14-5-7-18(8-6-14)27(29)30/h5-11,17H,1-4,13H2,(H,26,28)/b16-9-. The number of hydrogen-bond donors (Lipinski definition) is 1. The summed E-state index contributed by atoms with van der Waals surface area (Å²) in [6.07, 6.45) is 5.63. The molecule has 9 heteroatoms. The van der Waals surface area contributed by atoms with E-state index < -0.39 is 4.92 Å². The van der Waals surface area contributed by atoms with Gasteiger partial charge in [0, 0.05) is 18.2 Å². The molecule has 1 saturated carbocycles. The van der Waals surface area contributed by atoms with Crippen LogP contribution < -0.4 is 10.1 Å². The molecular formula is C22H19Br2N3O4. The largest absolute Gasteiger partial charge is 0.487 e. The molecule has 7 nitrogen and oxygen atoms in total. The maximum atomic E-state index is 12.4. The first-order valence-corrected chi connectivity index (χ1v) is 11.2. The van der Waals surface area contributed by atoms with Crippen molar-refractivity contribution in [3.63, 3.8) is 0 Å². The number of carbonyl (C=O) groups excluding carboxylic acids is 1. The highest BCUT2D eigenvalue weighted by molar-refractivity contribution is 9.11. The number of amides is 1. The molecule has 3 rings (SSSR count). The topological polar surface area (TPSA) is 105 Å². The molecule has 1 amide bonds. The first-order chi connectivity index (χ1) is 14.9. The minimum Gasteiger partial charge on any atom is -0.487 e. The molecule has 0 aromatic heterocycles. The summed E-state index contributed by atoms with van der Waals surface area (Å²) in [5.41, 5.74) is 1.51. The van der Waals surface area contributed by atoms with Crippen LogP contribution in [0.5, 0.6) is 5.75 Å². The molecule has 0 unspecified atom stereocenters. The van der Waals surface area contributed by atoms with Crippen LogP contribution in [0.15, 0.2) is 50.9 Å². The van der Waals surface area contributed by atoms with Gasteiger partial charge in [0.2, 0.25) is 0 Å². The summed E-state index contributed by atoms with van der Waals surface area (Å²) in [5, 5.41) is 23.1. The van der Waals surface area contributed by atoms with Crippen LogP contribution in [0.2, 0.25) is 0 Å². The molecule has 31 heavy (non-hydrogen) atoms. The molecule has 0 heterocycles. The van der Waals surface area contributed by atoms with E-state index in [9.17, 15) is 20.2 Å². The second-order valence-corrected chi connectivity index (χ2v) is 8.86. The Balaban J connectivity index is 1.71. The minimum absolute atomic E-state index is 0.0208. The maximum Gasteiger partial charge on any atom is 0.269 e. The van der Waals surface area contributed by atoms with E-state index in [1.165, 1.54) is 12.1 Å². The highest BCUT2D eigenvalue weighted by Crippen LogP contribution is 2.36. The van der Waals surface area contributed by atoms with Gasteiger partial charge in [0.1, 0.15) is 24.0 Å². The third-order valence-corrected chi connectivity index (χ3v) is 6.10. The summed E-state index contributed by atoms with van der Waals surface area (Å²) in [6.45, 7) is 0.220. The van der Waals surface area contributed by atoms with Gasteiger partial charge in [-0.05, 0) is 86.2 Å². The lowest BCUT2D eigenvalue weighted by Gasteiger charge is -2.13. The van der Waals surface area contributed by atoms with E-state index in [4.69, 9.17) is 4.74 Å². The van der Waals surface area contributed by atoms with Gasteiger partial charge in [-0.1, -0.05) is 12.8 Å². The maximum absolute atomic E-state index is 12.4. The number of benzene rings is 2. The predicted octanol–water partition coefficient (Wildman–Crippen LogP) is 5.66. The lowest BCUT2D eigenvalue weighted by atomic mass is 10.1. The van der Waals surface area contributed by atoms with E-state index in [0.29, 0.717) is 20.3 Å². The predicted molar refractivity (Wildman–Crippen MR) is 123 cm³/mol. The quantitative estimate of drug-likeness (QED) is 0.208. The van der Waals surface area contributed by atoms with Crippen molar-refractivity contribution in [3.8, 4) is 11.8 Å². The molecule has 1 fully saturated rings. The number of nitro benzene ring substituents is 1. The summed E-state index contributed by atoms with van der Waals surface area (Å²) in [7, 11) is 0. The smallest absolute Gasteiger partial charge is 0.269 e. The fraction of sp³-hybridized carbons (Fsp3) is 0.273. The zero-order chi connectivity index (χ0) is 22.4. The number of nitrogens with zero attached hydrogens (tertiary/aromatic N) is 2. The number of non-ortho nitro benzene ring substituents is 1. The van der Waals surface area contributed by atoms with E-state index >= 15 is 0 Å². The van der Waals surface area contributed by atoms with Gasteiger partial charge in [0.25, 0.3) is 11.6 Å². The Bertz CT molecular complexity index is 1030. The number of nitro groups is 1. The Morgan fingerprint density at radius 3 is 2.39 bits per heavy atom. The van der Waals surface area contributed by atoms with Gasteiger partial charge in [-0.3, -0.25) is 14.9 Å². The molecule has 0 spiro atoms. The Morgan fingerprint density at radius 1 is 1.23 bits per heavy atom. The second kappa shape index (κ2) is 10.6. The lowest BCUT2D eigenvalue weighted by molar-refractivity contribution is -0.384. The van der Waals surface area contributed by atoms with Gasteiger partial charge < -0.3 is 10.1 Å². The van der Waals surface area contributed by atoms with Gasteiger partial charge in [0.05, 0.1) is 13.9 Å². The number of hydrogen-bond acceptors (Lipinski definition) is 5. The van der Waals surface area contributed by atoms with Crippen molar-refractivity contribution in [1.29, 1.82) is 5.26 Å². The van der Waals surface area contributed by atoms with E-state index in [1.807, 2.05) is 6.07 Å². The Morgan fingerprint density at radius 2 is 1.84 bits per heavy atom. The third-order valence-electron chi connectivity index (χ3n) is 4.92. The molecule has 0 bridgehead atoms. The highest BCUT2D eigenvalue weighted by Gasteiger charge is 2.19. The van der Waals surface area contributed by atoms with Crippen LogP contribution in [-0.2, 0) is 11.4 Å². The van der Waals surface area contributed by atoms with Crippen LogP contribution >= 0.6 is 31.9 Å². The number of nitrogens with one attached hydrogen (secondary N) is 1. The molecule has 2 aromatic carbocycles. The summed E-state index contributed by atoms with van der Waals surface area (Å²) in [5.74, 6) is 0.185. The van der Waals surface area contributed by atoms with Crippen LogP contribution in [0.25, 0.3) is 6.08 Å². The zero-order valence-electron chi connectivity index (χ0n) is 16.4. The van der Waals surface area contributed by atoms with Crippen molar-refractivity contribution in [2.75, 3.05) is 0 Å². The van der Waals surface area contributed by atoms with Crippen LogP contribution in [0.3, 0.4) is 0 Å². The van der Waals surface area contributed by atoms with Crippen LogP contribution in [0, 0.1) is 21.4 Å². The van der Waals surface area contributed by atoms with Crippen LogP contribution in [0.4, 0.5) is 5.69 Å². The molecule has 2 aromatic rings. The van der Waals surface area contributed by atoms with E-state index in [2.05, 4.69) is 37.2 Å². The van der Waals surface area contributed by atoms with Gasteiger partial charge in [-0.25, -0.2) is 0 Å². The summed E-state index contributed by atoms with van der Waals surface area (Å²) in [6, 6.07) is 11.8. The van der Waals surface area contributed by atoms with Crippen molar-refractivity contribution in [3.05, 3.63) is 72.2 Å². The van der Waals surface area contributed by atoms with Crippen LogP contribution in [0.1, 0.15) is 36.8 Å². The van der Waals surface area contributed by atoms with Crippen molar-refractivity contribution in [2.24, 2.45) is 0 Å². The average Bonchev–Trinajstić information content (AvgIpc) is 3.24. The van der Waals surface area contributed by atoms with Crippen molar-refractivity contribution in [1.82, 2.24) is 5.32 Å². The molecule has 0 aliphatic heterocycles. The van der Waals surface area contributed by atoms with Gasteiger partial charge >= 0.3 is 0 Å². The number of rotatable bonds is 7. The summed E-state index contributed by atoms with van der Waals surface area (Å²) in [4.78, 5) is 22.7. The first kappa shape index (κ1) is 23.0. The molecule has 0 atom stereocenters. The Kier molecular flexibility index (Phi) is 7.82. The average molecular weight is 549 g/mol. The molecule has 1 aliphatic rings. The van der Waals surface area contributed by atoms with Gasteiger partial charge in [0.15, 0.2) is 0 Å². The second-order valence-electron chi connectivity index (χ2n) is 7.15. The van der Waals surface area contributed by atoms with Gasteiger partial charge in [-0.15, -0.1) is 0 Å². The number of halogens is 2. The zero-order valence-corrected chi connectivity index (χ0v) is 19.6. The SMILES string of the molecule is N#C/C(=C/c1cc(Br)c(OCc2ccc([N+](=O)[O-])cc2)c(Br)c1)C(=O)NC1CCCC1. The number of nitriles is 1. The molecule has 0 radical (unpaired) electrons. The fourth-order valence-electron chi connectivity index (χ4n) is 3.32. The molecule has 1 aliphatic carbocycles. The number of ether oxygens (including phenoxy) is 1. The molecule has 0 saturated heterocycles. The summed E-state index contributed by atoms with van der Waals surface area (Å²) < 4.78 is 7.13. The summed E-state index contributed by atoms with van der Waals surface area (Å²) >= 11 is 6.93. The molecule has 160 valence electrons. The Hall–Kier alpha value is -2.70. The fourth-order valence-corrected chi connectivity index (χ4v) is 4.77. The third kappa shape index (κ3) is 6.15.